The van der Waals surface area contributed by atoms with E-state index in [0.717, 1.165) is 39.1 Å². The molecule has 1 aromatic heterocycles. The molecule has 0 amide bonds. The van der Waals surface area contributed by atoms with Gasteiger partial charge < -0.3 is 14.8 Å². The van der Waals surface area contributed by atoms with Crippen LogP contribution in [0, 0.1) is 0 Å². The van der Waals surface area contributed by atoms with Gasteiger partial charge in [-0.15, -0.1) is 0 Å². The fourth-order valence-electron chi connectivity index (χ4n) is 1.45. The number of ether oxygens (including phenoxy) is 2. The highest BCUT2D eigenvalue weighted by Gasteiger charge is 1.92. The quantitative estimate of drug-likeness (QED) is 0.585. The molecule has 1 heterocycles. The first kappa shape index (κ1) is 14.2. The van der Waals surface area contributed by atoms with E-state index in [1.807, 2.05) is 16.9 Å². The van der Waals surface area contributed by atoms with Crippen LogP contribution in [-0.2, 0) is 16.0 Å². The van der Waals surface area contributed by atoms with Crippen molar-refractivity contribution in [2.75, 3.05) is 40.0 Å². The Bertz CT molecular complexity index is 252. The number of nitrogens with one attached hydrogen (secondary N) is 1. The minimum absolute atomic E-state index is 0.683. The second kappa shape index (κ2) is 10.3. The number of nitrogens with zero attached hydrogens (tertiary/aromatic N) is 2. The monoisotopic (exact) mass is 241 g/mol. The molecule has 0 spiro atoms. The van der Waals surface area contributed by atoms with Gasteiger partial charge in [-0.05, 0) is 25.5 Å². The zero-order valence-electron chi connectivity index (χ0n) is 10.6. The lowest BCUT2D eigenvalue weighted by molar-refractivity contribution is 0.0688. The van der Waals surface area contributed by atoms with E-state index >= 15 is 0 Å². The van der Waals surface area contributed by atoms with Crippen LogP contribution in [0.3, 0.4) is 0 Å². The van der Waals surface area contributed by atoms with E-state index in [0.29, 0.717) is 13.2 Å². The lowest BCUT2D eigenvalue weighted by Gasteiger charge is -2.05. The number of hydrogen-bond acceptors (Lipinski definition) is 4. The summed E-state index contributed by atoms with van der Waals surface area (Å²) in [6, 6.07) is 1.94. The summed E-state index contributed by atoms with van der Waals surface area (Å²) in [7, 11) is 1.69. The van der Waals surface area contributed by atoms with E-state index in [-0.39, 0.29) is 0 Å². The van der Waals surface area contributed by atoms with Crippen molar-refractivity contribution in [1.82, 2.24) is 15.1 Å². The van der Waals surface area contributed by atoms with Crippen molar-refractivity contribution in [2.24, 2.45) is 0 Å². The molecule has 5 heteroatoms. The van der Waals surface area contributed by atoms with Crippen LogP contribution >= 0.6 is 0 Å². The van der Waals surface area contributed by atoms with Gasteiger partial charge in [-0.1, -0.05) is 0 Å². The summed E-state index contributed by atoms with van der Waals surface area (Å²) in [5.41, 5.74) is 0. The minimum atomic E-state index is 0.683. The molecule has 0 aliphatic rings. The van der Waals surface area contributed by atoms with E-state index < -0.39 is 0 Å². The molecule has 1 aromatic rings. The van der Waals surface area contributed by atoms with Gasteiger partial charge >= 0.3 is 0 Å². The van der Waals surface area contributed by atoms with Crippen molar-refractivity contribution < 1.29 is 9.47 Å². The second-order valence-electron chi connectivity index (χ2n) is 3.83. The minimum Gasteiger partial charge on any atom is -0.382 e. The van der Waals surface area contributed by atoms with Gasteiger partial charge in [0, 0.05) is 32.7 Å². The molecule has 0 saturated carbocycles. The summed E-state index contributed by atoms with van der Waals surface area (Å²) in [4.78, 5) is 0. The molecule has 0 unspecified atom stereocenters. The van der Waals surface area contributed by atoms with E-state index in [1.54, 1.807) is 13.3 Å². The van der Waals surface area contributed by atoms with Gasteiger partial charge in [0.2, 0.25) is 0 Å². The zero-order chi connectivity index (χ0) is 12.2. The average Bonchev–Trinajstić information content (AvgIpc) is 2.85. The lowest BCUT2D eigenvalue weighted by Crippen LogP contribution is -2.21. The summed E-state index contributed by atoms with van der Waals surface area (Å²) >= 11 is 0. The summed E-state index contributed by atoms with van der Waals surface area (Å²) in [6.45, 7) is 5.13. The number of hydrogen-bond donors (Lipinski definition) is 1. The molecular formula is C12H23N3O2. The largest absolute Gasteiger partial charge is 0.382 e. The predicted molar refractivity (Wildman–Crippen MR) is 67.0 cm³/mol. The van der Waals surface area contributed by atoms with Gasteiger partial charge in [-0.2, -0.15) is 5.10 Å². The van der Waals surface area contributed by atoms with Gasteiger partial charge in [0.1, 0.15) is 0 Å². The third kappa shape index (κ3) is 7.90. The van der Waals surface area contributed by atoms with Crippen LogP contribution in [0.2, 0.25) is 0 Å². The fourth-order valence-corrected chi connectivity index (χ4v) is 1.45. The molecule has 0 saturated heterocycles. The Morgan fingerprint density at radius 3 is 2.88 bits per heavy atom. The first-order valence-electron chi connectivity index (χ1n) is 6.18. The Morgan fingerprint density at radius 2 is 2.12 bits per heavy atom. The molecule has 0 aliphatic carbocycles. The Labute approximate surface area is 103 Å². The SMILES string of the molecule is COCCOCCCCNCCn1cccn1. The van der Waals surface area contributed by atoms with Crippen LogP contribution in [0.5, 0.6) is 0 Å². The van der Waals surface area contributed by atoms with Crippen molar-refractivity contribution >= 4 is 0 Å². The highest BCUT2D eigenvalue weighted by atomic mass is 16.5. The smallest absolute Gasteiger partial charge is 0.0700 e. The molecule has 0 bridgehead atoms. The zero-order valence-corrected chi connectivity index (χ0v) is 10.6. The van der Waals surface area contributed by atoms with Crippen LogP contribution < -0.4 is 5.32 Å². The number of aromatic nitrogens is 2. The van der Waals surface area contributed by atoms with Crippen LogP contribution in [0.15, 0.2) is 18.5 Å². The molecule has 0 radical (unpaired) electrons. The highest BCUT2D eigenvalue weighted by Crippen LogP contribution is 1.89. The molecule has 17 heavy (non-hydrogen) atoms. The molecule has 0 atom stereocenters. The second-order valence-corrected chi connectivity index (χ2v) is 3.83. The van der Waals surface area contributed by atoms with Crippen molar-refractivity contribution in [3.63, 3.8) is 0 Å². The van der Waals surface area contributed by atoms with Gasteiger partial charge in [-0.25, -0.2) is 0 Å². The normalized spacial score (nSPS) is 10.9. The summed E-state index contributed by atoms with van der Waals surface area (Å²) < 4.78 is 12.2. The Morgan fingerprint density at radius 1 is 1.18 bits per heavy atom. The molecule has 98 valence electrons. The summed E-state index contributed by atoms with van der Waals surface area (Å²) in [6.07, 6.45) is 6.02. The van der Waals surface area contributed by atoms with Crippen LogP contribution in [0.25, 0.3) is 0 Å². The maximum Gasteiger partial charge on any atom is 0.0700 e. The standard InChI is InChI=1S/C12H23N3O2/c1-16-11-12-17-10-3-2-5-13-7-9-15-8-4-6-14-15/h4,6,8,13H,2-3,5,7,9-12H2,1H3. The van der Waals surface area contributed by atoms with Gasteiger partial charge in [0.05, 0.1) is 19.8 Å². The molecule has 1 rings (SSSR count). The van der Waals surface area contributed by atoms with Crippen LogP contribution in [0.4, 0.5) is 0 Å². The molecule has 0 aromatic carbocycles. The van der Waals surface area contributed by atoms with Crippen molar-refractivity contribution in [3.8, 4) is 0 Å². The van der Waals surface area contributed by atoms with E-state index in [9.17, 15) is 0 Å². The molecular weight excluding hydrogens is 218 g/mol. The predicted octanol–water partition coefficient (Wildman–Crippen LogP) is 0.916. The fraction of sp³-hybridized carbons (Fsp3) is 0.750. The van der Waals surface area contributed by atoms with E-state index in [2.05, 4.69) is 10.4 Å². The molecule has 1 N–H and O–H groups in total. The van der Waals surface area contributed by atoms with E-state index in [1.165, 1.54) is 0 Å². The van der Waals surface area contributed by atoms with Crippen molar-refractivity contribution in [1.29, 1.82) is 0 Å². The maximum atomic E-state index is 5.37. The van der Waals surface area contributed by atoms with Gasteiger partial charge in [0.25, 0.3) is 0 Å². The highest BCUT2D eigenvalue weighted by molar-refractivity contribution is 4.77. The Balaban J connectivity index is 1.76. The molecule has 0 fully saturated rings. The third-order valence-corrected chi connectivity index (χ3v) is 2.40. The molecule has 0 aliphatic heterocycles. The number of unbranched alkanes of at least 4 members (excludes halogenated alkanes) is 1. The maximum absolute atomic E-state index is 5.37. The van der Waals surface area contributed by atoms with Crippen LogP contribution in [0.1, 0.15) is 12.8 Å². The Kier molecular flexibility index (Phi) is 8.54. The molecule has 5 nitrogen and oxygen atoms in total. The van der Waals surface area contributed by atoms with Gasteiger partial charge in [-0.3, -0.25) is 4.68 Å². The number of methoxy groups -OCH3 is 1. The summed E-state index contributed by atoms with van der Waals surface area (Å²) in [5.74, 6) is 0. The lowest BCUT2D eigenvalue weighted by atomic mass is 10.3. The summed E-state index contributed by atoms with van der Waals surface area (Å²) in [5, 5.41) is 7.52. The van der Waals surface area contributed by atoms with Gasteiger partial charge in [0.15, 0.2) is 0 Å². The number of rotatable bonds is 11. The van der Waals surface area contributed by atoms with Crippen molar-refractivity contribution in [2.45, 2.75) is 19.4 Å². The van der Waals surface area contributed by atoms with Crippen molar-refractivity contribution in [3.05, 3.63) is 18.5 Å². The van der Waals surface area contributed by atoms with E-state index in [4.69, 9.17) is 9.47 Å². The average molecular weight is 241 g/mol. The first-order valence-corrected chi connectivity index (χ1v) is 6.18. The Hall–Kier alpha value is -0.910. The third-order valence-electron chi connectivity index (χ3n) is 2.40. The topological polar surface area (TPSA) is 48.3 Å². The first-order chi connectivity index (χ1) is 8.43. The van der Waals surface area contributed by atoms with Crippen LogP contribution in [-0.4, -0.2) is 49.8 Å².